The standard InChI is InChI=1S/C27H32N4O3/c1-18-17-30(27(34)20-7-8-20)25-15-21(10-12-24(25)31(18)19(2)32)22-9-11-23(28-16-22)5-3-13-29-14-4-6-26(29)33/h9-12,15-16,18,20H,3-8,13-14,17H2,1-2H3/t18-/m0/s1. The lowest BCUT2D eigenvalue weighted by atomic mass is 10.0. The van der Waals surface area contributed by atoms with Crippen molar-refractivity contribution < 1.29 is 14.4 Å². The van der Waals surface area contributed by atoms with Crippen molar-refractivity contribution in [2.24, 2.45) is 5.92 Å². The molecule has 1 aromatic heterocycles. The summed E-state index contributed by atoms with van der Waals surface area (Å²) in [5, 5.41) is 0. The van der Waals surface area contributed by atoms with Crippen LogP contribution >= 0.6 is 0 Å². The number of rotatable bonds is 6. The van der Waals surface area contributed by atoms with Crippen LogP contribution in [-0.4, -0.2) is 53.3 Å². The van der Waals surface area contributed by atoms with Gasteiger partial charge in [-0.05, 0) is 62.8 Å². The number of fused-ring (bicyclic) bond motifs is 1. The molecule has 34 heavy (non-hydrogen) atoms. The molecule has 1 saturated heterocycles. The number of likely N-dealkylation sites (tertiary alicyclic amines) is 1. The molecule has 5 rings (SSSR count). The van der Waals surface area contributed by atoms with Crippen molar-refractivity contribution >= 4 is 29.1 Å². The summed E-state index contributed by atoms with van der Waals surface area (Å²) in [5.41, 5.74) is 4.57. The van der Waals surface area contributed by atoms with Crippen molar-refractivity contribution in [1.29, 1.82) is 0 Å². The Bertz CT molecular complexity index is 1110. The number of amides is 3. The maximum atomic E-state index is 13.0. The van der Waals surface area contributed by atoms with Gasteiger partial charge in [0.2, 0.25) is 17.7 Å². The van der Waals surface area contributed by atoms with E-state index in [1.807, 2.05) is 47.2 Å². The third kappa shape index (κ3) is 4.43. The predicted molar refractivity (Wildman–Crippen MR) is 132 cm³/mol. The highest BCUT2D eigenvalue weighted by Gasteiger charge is 2.39. The van der Waals surface area contributed by atoms with Gasteiger partial charge < -0.3 is 14.7 Å². The third-order valence-corrected chi connectivity index (χ3v) is 7.14. The molecule has 3 heterocycles. The first-order valence-corrected chi connectivity index (χ1v) is 12.4. The van der Waals surface area contributed by atoms with Crippen LogP contribution in [0.4, 0.5) is 11.4 Å². The lowest BCUT2D eigenvalue weighted by Crippen LogP contribution is -2.51. The number of anilines is 2. The van der Waals surface area contributed by atoms with Gasteiger partial charge in [-0.15, -0.1) is 0 Å². The van der Waals surface area contributed by atoms with Gasteiger partial charge in [0.1, 0.15) is 0 Å². The van der Waals surface area contributed by atoms with Gasteiger partial charge in [-0.25, -0.2) is 0 Å². The van der Waals surface area contributed by atoms with Gasteiger partial charge in [-0.1, -0.05) is 12.1 Å². The molecule has 0 N–H and O–H groups in total. The van der Waals surface area contributed by atoms with Crippen LogP contribution in [-0.2, 0) is 20.8 Å². The van der Waals surface area contributed by atoms with Gasteiger partial charge in [-0.2, -0.15) is 0 Å². The van der Waals surface area contributed by atoms with Crippen LogP contribution < -0.4 is 9.80 Å². The number of carbonyl (C=O) groups excluding carboxylic acids is 3. The van der Waals surface area contributed by atoms with Crippen LogP contribution in [0.5, 0.6) is 0 Å². The second-order valence-electron chi connectivity index (χ2n) is 9.79. The van der Waals surface area contributed by atoms with E-state index in [4.69, 9.17) is 0 Å². The van der Waals surface area contributed by atoms with E-state index < -0.39 is 0 Å². The summed E-state index contributed by atoms with van der Waals surface area (Å²) in [6.07, 6.45) is 7.18. The first-order chi connectivity index (χ1) is 16.4. The maximum Gasteiger partial charge on any atom is 0.230 e. The van der Waals surface area contributed by atoms with Crippen LogP contribution in [0.1, 0.15) is 51.6 Å². The molecule has 3 amide bonds. The number of aryl methyl sites for hydroxylation is 1. The van der Waals surface area contributed by atoms with Crippen LogP contribution in [0, 0.1) is 5.92 Å². The minimum absolute atomic E-state index is 0.0123. The molecule has 0 bridgehead atoms. The Kier molecular flexibility index (Phi) is 6.11. The normalized spacial score (nSPS) is 20.0. The molecule has 0 radical (unpaired) electrons. The monoisotopic (exact) mass is 460 g/mol. The molecule has 0 spiro atoms. The minimum atomic E-state index is -0.0599. The molecule has 7 heteroatoms. The Balaban J connectivity index is 1.35. The van der Waals surface area contributed by atoms with E-state index in [1.54, 1.807) is 11.8 Å². The molecule has 1 saturated carbocycles. The van der Waals surface area contributed by atoms with Gasteiger partial charge in [0.15, 0.2) is 0 Å². The number of aromatic nitrogens is 1. The van der Waals surface area contributed by atoms with Gasteiger partial charge in [0.25, 0.3) is 0 Å². The molecule has 2 aliphatic heterocycles. The van der Waals surface area contributed by atoms with E-state index in [-0.39, 0.29) is 29.7 Å². The van der Waals surface area contributed by atoms with E-state index >= 15 is 0 Å². The second-order valence-corrected chi connectivity index (χ2v) is 9.79. The summed E-state index contributed by atoms with van der Waals surface area (Å²) in [4.78, 5) is 47.4. The summed E-state index contributed by atoms with van der Waals surface area (Å²) in [7, 11) is 0. The van der Waals surface area contributed by atoms with Gasteiger partial charge in [0, 0.05) is 56.4 Å². The third-order valence-electron chi connectivity index (χ3n) is 7.14. The topological polar surface area (TPSA) is 73.8 Å². The summed E-state index contributed by atoms with van der Waals surface area (Å²) < 4.78 is 0. The molecule has 1 aliphatic carbocycles. The van der Waals surface area contributed by atoms with Crippen LogP contribution in [0.3, 0.4) is 0 Å². The van der Waals surface area contributed by atoms with E-state index in [2.05, 4.69) is 11.1 Å². The summed E-state index contributed by atoms with van der Waals surface area (Å²) in [6.45, 7) is 5.76. The lowest BCUT2D eigenvalue weighted by molar-refractivity contribution is -0.127. The molecule has 1 aromatic carbocycles. The fourth-order valence-corrected chi connectivity index (χ4v) is 5.18. The highest BCUT2D eigenvalue weighted by molar-refractivity contribution is 6.06. The van der Waals surface area contributed by atoms with E-state index in [0.29, 0.717) is 13.0 Å². The highest BCUT2D eigenvalue weighted by atomic mass is 16.2. The van der Waals surface area contributed by atoms with Crippen LogP contribution in [0.15, 0.2) is 36.5 Å². The Morgan fingerprint density at radius 3 is 2.53 bits per heavy atom. The highest BCUT2D eigenvalue weighted by Crippen LogP contribution is 2.42. The van der Waals surface area contributed by atoms with Crippen molar-refractivity contribution in [3.05, 3.63) is 42.2 Å². The number of hydrogen-bond acceptors (Lipinski definition) is 4. The van der Waals surface area contributed by atoms with Crippen molar-refractivity contribution in [3.63, 3.8) is 0 Å². The van der Waals surface area contributed by atoms with Crippen molar-refractivity contribution in [3.8, 4) is 11.1 Å². The lowest BCUT2D eigenvalue weighted by Gasteiger charge is -2.41. The van der Waals surface area contributed by atoms with Crippen molar-refractivity contribution in [2.75, 3.05) is 29.4 Å². The molecule has 0 unspecified atom stereocenters. The molecular formula is C27H32N4O3. The van der Waals surface area contributed by atoms with E-state index in [9.17, 15) is 14.4 Å². The summed E-state index contributed by atoms with van der Waals surface area (Å²) >= 11 is 0. The largest absolute Gasteiger partial charge is 0.343 e. The number of nitrogens with zero attached hydrogens (tertiary/aromatic N) is 4. The van der Waals surface area contributed by atoms with Gasteiger partial charge in [0.05, 0.1) is 17.4 Å². The fraction of sp³-hybridized carbons (Fsp3) is 0.481. The van der Waals surface area contributed by atoms with Crippen molar-refractivity contribution in [2.45, 2.75) is 58.4 Å². The Morgan fingerprint density at radius 2 is 1.88 bits per heavy atom. The minimum Gasteiger partial charge on any atom is -0.343 e. The van der Waals surface area contributed by atoms with E-state index in [1.165, 1.54) is 0 Å². The zero-order valence-corrected chi connectivity index (χ0v) is 20.0. The summed E-state index contributed by atoms with van der Waals surface area (Å²) in [5.74, 6) is 0.534. The van der Waals surface area contributed by atoms with Gasteiger partial charge in [-0.3, -0.25) is 19.4 Å². The Hall–Kier alpha value is -3.22. The Labute approximate surface area is 200 Å². The predicted octanol–water partition coefficient (Wildman–Crippen LogP) is 3.80. The molecule has 7 nitrogen and oxygen atoms in total. The second kappa shape index (κ2) is 9.20. The number of pyridine rings is 1. The SMILES string of the molecule is CC(=O)N1c2ccc(-c3ccc(CCCN4CCCC4=O)nc3)cc2N(C(=O)C2CC2)C[C@@H]1C. The fourth-order valence-electron chi connectivity index (χ4n) is 5.18. The average Bonchev–Trinajstić information content (AvgIpc) is 3.60. The van der Waals surface area contributed by atoms with Crippen LogP contribution in [0.25, 0.3) is 11.1 Å². The molecule has 3 aliphatic rings. The molecule has 178 valence electrons. The van der Waals surface area contributed by atoms with E-state index in [0.717, 1.165) is 73.4 Å². The smallest absolute Gasteiger partial charge is 0.230 e. The zero-order valence-electron chi connectivity index (χ0n) is 20.0. The Morgan fingerprint density at radius 1 is 1.09 bits per heavy atom. The zero-order chi connectivity index (χ0) is 23.8. The number of hydrogen-bond donors (Lipinski definition) is 0. The molecule has 1 atom stereocenters. The van der Waals surface area contributed by atoms with Gasteiger partial charge >= 0.3 is 0 Å². The first-order valence-electron chi connectivity index (χ1n) is 12.4. The molecular weight excluding hydrogens is 428 g/mol. The van der Waals surface area contributed by atoms with Crippen molar-refractivity contribution in [1.82, 2.24) is 9.88 Å². The number of carbonyl (C=O) groups is 3. The maximum absolute atomic E-state index is 13.0. The van der Waals surface area contributed by atoms with Crippen LogP contribution in [0.2, 0.25) is 0 Å². The first kappa shape index (κ1) is 22.6. The molecule has 2 fully saturated rings. The average molecular weight is 461 g/mol. The number of benzene rings is 1. The quantitative estimate of drug-likeness (QED) is 0.657. The molecule has 2 aromatic rings. The summed E-state index contributed by atoms with van der Waals surface area (Å²) in [6, 6.07) is 10.0.